The molecule has 6 heteroatoms. The van der Waals surface area contributed by atoms with Crippen LogP contribution in [0.4, 0.5) is 0 Å². The molecule has 4 rings (SSSR count). The summed E-state index contributed by atoms with van der Waals surface area (Å²) in [6.07, 6.45) is 1.06. The summed E-state index contributed by atoms with van der Waals surface area (Å²) >= 11 is 0. The van der Waals surface area contributed by atoms with E-state index in [0.29, 0.717) is 24.5 Å². The van der Waals surface area contributed by atoms with Crippen molar-refractivity contribution in [3.63, 3.8) is 0 Å². The second kappa shape index (κ2) is 4.81. The average Bonchev–Trinajstić information content (AvgIpc) is 2.96. The summed E-state index contributed by atoms with van der Waals surface area (Å²) < 4.78 is 10.8. The van der Waals surface area contributed by atoms with Crippen LogP contribution in [0.25, 0.3) is 0 Å². The van der Waals surface area contributed by atoms with Crippen molar-refractivity contribution in [3.8, 4) is 11.5 Å². The highest BCUT2D eigenvalue weighted by Crippen LogP contribution is 2.47. The molecule has 1 aromatic rings. The summed E-state index contributed by atoms with van der Waals surface area (Å²) in [6.45, 7) is 2.06. The van der Waals surface area contributed by atoms with Crippen molar-refractivity contribution in [2.45, 2.75) is 38.1 Å². The normalized spacial score (nSPS) is 25.2. The first-order valence-electron chi connectivity index (χ1n) is 7.78. The van der Waals surface area contributed by atoms with Crippen LogP contribution in [0.1, 0.15) is 37.3 Å². The molecule has 0 aromatic heterocycles. The Morgan fingerprint density at radius 2 is 1.91 bits per heavy atom. The fraction of sp³-hybridized carbons (Fsp3) is 0.471. The van der Waals surface area contributed by atoms with Gasteiger partial charge in [0.1, 0.15) is 11.3 Å². The van der Waals surface area contributed by atoms with Crippen molar-refractivity contribution in [1.29, 1.82) is 0 Å². The van der Waals surface area contributed by atoms with Gasteiger partial charge < -0.3 is 14.4 Å². The minimum absolute atomic E-state index is 0.0181. The largest absolute Gasteiger partial charge is 0.454 e. The Kier molecular flexibility index (Phi) is 2.98. The summed E-state index contributed by atoms with van der Waals surface area (Å²) in [7, 11) is 0. The van der Waals surface area contributed by atoms with Crippen LogP contribution in [0.15, 0.2) is 12.1 Å². The van der Waals surface area contributed by atoms with E-state index in [-0.39, 0.29) is 43.5 Å². The van der Waals surface area contributed by atoms with Crippen LogP contribution in [0, 0.1) is 0 Å². The SMILES string of the molecule is CC(=O)CC12C(=O)CCC(=O)N1CCc1cc3c(cc12)OCO3. The van der Waals surface area contributed by atoms with Crippen molar-refractivity contribution in [2.75, 3.05) is 13.3 Å². The van der Waals surface area contributed by atoms with E-state index in [2.05, 4.69) is 0 Å². The summed E-state index contributed by atoms with van der Waals surface area (Å²) in [6, 6.07) is 3.66. The number of carbonyl (C=O) groups is 3. The number of benzene rings is 1. The van der Waals surface area contributed by atoms with Crippen LogP contribution in [0.3, 0.4) is 0 Å². The minimum atomic E-state index is -1.17. The quantitative estimate of drug-likeness (QED) is 0.823. The molecule has 1 aromatic carbocycles. The van der Waals surface area contributed by atoms with Crippen LogP contribution in [-0.4, -0.2) is 35.7 Å². The number of Topliss-reactive ketones (excluding diaryl/α,β-unsaturated/α-hetero) is 2. The molecule has 3 aliphatic rings. The highest BCUT2D eigenvalue weighted by atomic mass is 16.7. The molecule has 0 spiro atoms. The number of amides is 1. The number of ether oxygens (including phenoxy) is 2. The molecule has 0 bridgehead atoms. The predicted molar refractivity (Wildman–Crippen MR) is 79.2 cm³/mol. The van der Waals surface area contributed by atoms with Gasteiger partial charge in [-0.1, -0.05) is 0 Å². The van der Waals surface area contributed by atoms with Gasteiger partial charge in [0.15, 0.2) is 17.3 Å². The molecule has 23 heavy (non-hydrogen) atoms. The molecule has 1 fully saturated rings. The average molecular weight is 315 g/mol. The van der Waals surface area contributed by atoms with E-state index in [9.17, 15) is 14.4 Å². The topological polar surface area (TPSA) is 72.9 Å². The van der Waals surface area contributed by atoms with Crippen LogP contribution in [-0.2, 0) is 26.3 Å². The van der Waals surface area contributed by atoms with Gasteiger partial charge in [0.25, 0.3) is 0 Å². The second-order valence-corrected chi connectivity index (χ2v) is 6.32. The maximum absolute atomic E-state index is 12.9. The molecule has 0 aliphatic carbocycles. The molecule has 0 N–H and O–H groups in total. The fourth-order valence-corrected chi connectivity index (χ4v) is 3.99. The standard InChI is InChI=1S/C17H17NO5/c1-10(19)8-17-12-7-14-13(22-9-23-14)6-11(12)4-5-18(17)16(21)3-2-15(17)20/h6-7H,2-5,8-9H2,1H3. The van der Waals surface area contributed by atoms with E-state index in [0.717, 1.165) is 11.1 Å². The first kappa shape index (κ1) is 14.2. The van der Waals surface area contributed by atoms with Gasteiger partial charge in [-0.2, -0.15) is 0 Å². The molecule has 6 nitrogen and oxygen atoms in total. The molecule has 0 radical (unpaired) electrons. The summed E-state index contributed by atoms with van der Waals surface area (Å²) in [5, 5.41) is 0. The molecule has 1 amide bonds. The molecule has 3 aliphatic heterocycles. The lowest BCUT2D eigenvalue weighted by atomic mass is 9.71. The van der Waals surface area contributed by atoms with Crippen molar-refractivity contribution in [3.05, 3.63) is 23.3 Å². The zero-order chi connectivity index (χ0) is 16.2. The van der Waals surface area contributed by atoms with Crippen LogP contribution in [0.2, 0.25) is 0 Å². The number of hydrogen-bond donors (Lipinski definition) is 0. The van der Waals surface area contributed by atoms with E-state index >= 15 is 0 Å². The Bertz CT molecular complexity index is 741. The van der Waals surface area contributed by atoms with E-state index < -0.39 is 5.54 Å². The Morgan fingerprint density at radius 1 is 1.17 bits per heavy atom. The van der Waals surface area contributed by atoms with Gasteiger partial charge >= 0.3 is 0 Å². The maximum Gasteiger partial charge on any atom is 0.231 e. The summed E-state index contributed by atoms with van der Waals surface area (Å²) in [5.74, 6) is 0.994. The molecule has 1 atom stereocenters. The Hall–Kier alpha value is -2.37. The van der Waals surface area contributed by atoms with Crippen LogP contribution < -0.4 is 9.47 Å². The zero-order valence-corrected chi connectivity index (χ0v) is 12.9. The number of hydrogen-bond acceptors (Lipinski definition) is 5. The lowest BCUT2D eigenvalue weighted by Gasteiger charge is -2.49. The summed E-state index contributed by atoms with van der Waals surface area (Å²) in [4.78, 5) is 38.8. The second-order valence-electron chi connectivity index (χ2n) is 6.32. The van der Waals surface area contributed by atoms with Gasteiger partial charge in [0.2, 0.25) is 12.7 Å². The molecule has 3 heterocycles. The number of fused-ring (bicyclic) bond motifs is 4. The highest BCUT2D eigenvalue weighted by molar-refractivity contribution is 6.02. The highest BCUT2D eigenvalue weighted by Gasteiger charge is 2.53. The van der Waals surface area contributed by atoms with Gasteiger partial charge in [0, 0.05) is 25.8 Å². The van der Waals surface area contributed by atoms with E-state index in [1.165, 1.54) is 6.92 Å². The third kappa shape index (κ3) is 1.90. The zero-order valence-electron chi connectivity index (χ0n) is 12.9. The van der Waals surface area contributed by atoms with Crippen molar-refractivity contribution in [2.24, 2.45) is 0 Å². The number of carbonyl (C=O) groups excluding carboxylic acids is 3. The van der Waals surface area contributed by atoms with Gasteiger partial charge in [-0.3, -0.25) is 14.4 Å². The van der Waals surface area contributed by atoms with Crippen LogP contribution in [0.5, 0.6) is 11.5 Å². The molecule has 1 unspecified atom stereocenters. The van der Waals surface area contributed by atoms with Crippen molar-refractivity contribution < 1.29 is 23.9 Å². The van der Waals surface area contributed by atoms with E-state index in [1.54, 1.807) is 11.0 Å². The number of nitrogens with zero attached hydrogens (tertiary/aromatic N) is 1. The minimum Gasteiger partial charge on any atom is -0.454 e. The fourth-order valence-electron chi connectivity index (χ4n) is 3.99. The van der Waals surface area contributed by atoms with Crippen LogP contribution >= 0.6 is 0 Å². The van der Waals surface area contributed by atoms with Gasteiger partial charge in [-0.25, -0.2) is 0 Å². The molecule has 120 valence electrons. The van der Waals surface area contributed by atoms with Gasteiger partial charge in [-0.15, -0.1) is 0 Å². The Labute approximate surface area is 133 Å². The smallest absolute Gasteiger partial charge is 0.231 e. The van der Waals surface area contributed by atoms with Crippen molar-refractivity contribution >= 4 is 17.5 Å². The number of ketones is 2. The number of piperidine rings is 1. The van der Waals surface area contributed by atoms with E-state index in [4.69, 9.17) is 9.47 Å². The van der Waals surface area contributed by atoms with Gasteiger partial charge in [-0.05, 0) is 36.6 Å². The van der Waals surface area contributed by atoms with Gasteiger partial charge in [0.05, 0.1) is 0 Å². The Balaban J connectivity index is 1.95. The third-order valence-corrected chi connectivity index (χ3v) is 4.94. The first-order valence-corrected chi connectivity index (χ1v) is 7.78. The van der Waals surface area contributed by atoms with Crippen molar-refractivity contribution in [1.82, 2.24) is 4.90 Å². The third-order valence-electron chi connectivity index (χ3n) is 4.94. The Morgan fingerprint density at radius 3 is 2.65 bits per heavy atom. The summed E-state index contributed by atoms with van der Waals surface area (Å²) in [5.41, 5.74) is 0.506. The predicted octanol–water partition coefficient (Wildman–Crippen LogP) is 1.34. The number of rotatable bonds is 2. The molecular formula is C17H17NO5. The van der Waals surface area contributed by atoms with E-state index in [1.807, 2.05) is 6.07 Å². The lowest BCUT2D eigenvalue weighted by Crippen LogP contribution is -2.61. The maximum atomic E-state index is 12.9. The monoisotopic (exact) mass is 315 g/mol. The molecular weight excluding hydrogens is 298 g/mol. The molecule has 0 saturated carbocycles. The molecule has 1 saturated heterocycles. The lowest BCUT2D eigenvalue weighted by molar-refractivity contribution is -0.156. The first-order chi connectivity index (χ1) is 11.0.